The number of nitrogens with one attached hydrogen (secondary N) is 1. The Labute approximate surface area is 184 Å². The van der Waals surface area contributed by atoms with Crippen LogP contribution in [0.15, 0.2) is 60.9 Å². The fourth-order valence-electron chi connectivity index (χ4n) is 5.17. The number of aromatic nitrogens is 3. The van der Waals surface area contributed by atoms with E-state index in [4.69, 9.17) is 14.7 Å². The second-order valence-corrected chi connectivity index (χ2v) is 8.74. The van der Waals surface area contributed by atoms with Crippen LogP contribution >= 0.6 is 0 Å². The van der Waals surface area contributed by atoms with Gasteiger partial charge in [0, 0.05) is 48.7 Å². The summed E-state index contributed by atoms with van der Waals surface area (Å²) in [5.74, 6) is 0.933. The van der Waals surface area contributed by atoms with Gasteiger partial charge in [-0.05, 0) is 17.7 Å². The first kappa shape index (κ1) is 17.9. The van der Waals surface area contributed by atoms with Crippen molar-refractivity contribution in [3.63, 3.8) is 0 Å². The molecule has 158 valence electrons. The van der Waals surface area contributed by atoms with Gasteiger partial charge in [-0.25, -0.2) is 9.97 Å². The normalized spacial score (nSPS) is 21.4. The van der Waals surface area contributed by atoms with Crippen LogP contribution in [0.2, 0.25) is 0 Å². The van der Waals surface area contributed by atoms with Gasteiger partial charge in [0.25, 0.3) is 0 Å². The number of benzene rings is 2. The van der Waals surface area contributed by atoms with Crippen LogP contribution in [0.1, 0.15) is 12.0 Å². The van der Waals surface area contributed by atoms with Gasteiger partial charge in [-0.3, -0.25) is 9.20 Å². The molecule has 4 aliphatic rings. The minimum absolute atomic E-state index is 0.0379. The van der Waals surface area contributed by atoms with Crippen molar-refractivity contribution in [2.75, 3.05) is 23.3 Å². The van der Waals surface area contributed by atoms with Crippen LogP contribution in [0, 0.1) is 0 Å². The molecule has 0 spiro atoms. The third-order valence-electron chi connectivity index (χ3n) is 6.63. The molecule has 3 fully saturated rings. The smallest absolute Gasteiger partial charge is 0.228 e. The summed E-state index contributed by atoms with van der Waals surface area (Å²) >= 11 is 0. The van der Waals surface area contributed by atoms with Crippen molar-refractivity contribution >= 4 is 23.1 Å². The third kappa shape index (κ3) is 2.67. The highest BCUT2D eigenvalue weighted by Crippen LogP contribution is 2.38. The van der Waals surface area contributed by atoms with Crippen LogP contribution in [0.4, 0.5) is 11.5 Å². The molecule has 0 aliphatic carbocycles. The molecule has 2 aromatic heterocycles. The molecular weight excluding hydrogens is 402 g/mol. The van der Waals surface area contributed by atoms with Crippen LogP contribution in [0.5, 0.6) is 0 Å². The number of piperidine rings is 1. The summed E-state index contributed by atoms with van der Waals surface area (Å²) in [6.45, 7) is 1.69. The summed E-state index contributed by atoms with van der Waals surface area (Å²) in [7, 11) is 0. The summed E-state index contributed by atoms with van der Waals surface area (Å²) in [4.78, 5) is 24.0. The largest absolute Gasteiger partial charge is 0.371 e. The maximum Gasteiger partial charge on any atom is 0.228 e. The molecule has 2 unspecified atom stereocenters. The monoisotopic (exact) mass is 423 g/mol. The molecule has 8 rings (SSSR count). The number of nitrogens with zero attached hydrogens (tertiary/aromatic N) is 4. The molecular formula is C25H21N5O2. The zero-order valence-corrected chi connectivity index (χ0v) is 17.4. The first-order valence-electron chi connectivity index (χ1n) is 11.0. The Balaban J connectivity index is 1.44. The SMILES string of the molecule is O=C1Cc2cc(-c3c(-c4ccccc4)nc4c(N5CC6CC(C5)O6)nccn34)ccc2N1. The lowest BCUT2D eigenvalue weighted by molar-refractivity contribution is -0.133. The van der Waals surface area contributed by atoms with Gasteiger partial charge in [0.15, 0.2) is 11.5 Å². The van der Waals surface area contributed by atoms with E-state index in [2.05, 4.69) is 38.9 Å². The maximum absolute atomic E-state index is 11.9. The molecule has 4 aliphatic heterocycles. The molecule has 1 amide bonds. The van der Waals surface area contributed by atoms with E-state index in [1.807, 2.05) is 36.7 Å². The molecule has 0 radical (unpaired) electrons. The Kier molecular flexibility index (Phi) is 3.72. The second kappa shape index (κ2) is 6.64. The van der Waals surface area contributed by atoms with Crippen LogP contribution in [0.3, 0.4) is 0 Å². The predicted molar refractivity (Wildman–Crippen MR) is 122 cm³/mol. The molecule has 1 N–H and O–H groups in total. The number of carbonyl (C=O) groups is 1. The van der Waals surface area contributed by atoms with E-state index in [1.165, 1.54) is 0 Å². The van der Waals surface area contributed by atoms with Gasteiger partial charge < -0.3 is 15.0 Å². The number of carbonyl (C=O) groups excluding carboxylic acids is 1. The second-order valence-electron chi connectivity index (χ2n) is 8.74. The van der Waals surface area contributed by atoms with E-state index in [-0.39, 0.29) is 5.91 Å². The summed E-state index contributed by atoms with van der Waals surface area (Å²) in [5, 5.41) is 2.92. The highest BCUT2D eigenvalue weighted by molar-refractivity contribution is 6.00. The number of hydrogen-bond acceptors (Lipinski definition) is 5. The van der Waals surface area contributed by atoms with Gasteiger partial charge in [-0.2, -0.15) is 0 Å². The lowest BCUT2D eigenvalue weighted by Gasteiger charge is -2.47. The summed E-state index contributed by atoms with van der Waals surface area (Å²) in [5.41, 5.74) is 6.77. The van der Waals surface area contributed by atoms with E-state index in [1.54, 1.807) is 0 Å². The molecule has 0 saturated carbocycles. The third-order valence-corrected chi connectivity index (χ3v) is 6.63. The zero-order valence-electron chi connectivity index (χ0n) is 17.4. The molecule has 6 heterocycles. The number of ether oxygens (including phenoxy) is 1. The quantitative estimate of drug-likeness (QED) is 0.546. The van der Waals surface area contributed by atoms with Crippen molar-refractivity contribution < 1.29 is 9.53 Å². The van der Waals surface area contributed by atoms with Gasteiger partial charge in [-0.1, -0.05) is 36.4 Å². The standard InChI is InChI=1S/C25H21N5O2/c31-21-11-17-10-16(6-7-20(17)27-21)23-22(15-4-2-1-3-5-15)28-25-24(26-8-9-30(23)25)29-13-18-12-19(14-29)32-18/h1-10,18-19H,11-14H2,(H,27,31). The van der Waals surface area contributed by atoms with Crippen LogP contribution < -0.4 is 10.2 Å². The highest BCUT2D eigenvalue weighted by atomic mass is 16.5. The molecule has 32 heavy (non-hydrogen) atoms. The fraction of sp³-hybridized carbons (Fsp3) is 0.240. The Morgan fingerprint density at radius 3 is 2.66 bits per heavy atom. The van der Waals surface area contributed by atoms with E-state index in [0.717, 1.165) is 64.7 Å². The average molecular weight is 423 g/mol. The lowest BCUT2D eigenvalue weighted by atomic mass is 9.99. The Morgan fingerprint density at radius 2 is 1.84 bits per heavy atom. The van der Waals surface area contributed by atoms with Gasteiger partial charge in [-0.15, -0.1) is 0 Å². The van der Waals surface area contributed by atoms with Crippen molar-refractivity contribution in [2.24, 2.45) is 0 Å². The number of imidazole rings is 1. The Hall–Kier alpha value is -3.71. The van der Waals surface area contributed by atoms with Crippen molar-refractivity contribution in [1.82, 2.24) is 14.4 Å². The van der Waals surface area contributed by atoms with Gasteiger partial charge in [0.2, 0.25) is 5.91 Å². The molecule has 7 nitrogen and oxygen atoms in total. The van der Waals surface area contributed by atoms with Crippen molar-refractivity contribution in [3.05, 3.63) is 66.5 Å². The number of morpholine rings is 1. The van der Waals surface area contributed by atoms with E-state index < -0.39 is 0 Å². The average Bonchev–Trinajstić information content (AvgIpc) is 3.38. The molecule has 2 atom stereocenters. The van der Waals surface area contributed by atoms with Crippen molar-refractivity contribution in [2.45, 2.75) is 25.0 Å². The van der Waals surface area contributed by atoms with Gasteiger partial charge in [0.1, 0.15) is 0 Å². The predicted octanol–water partition coefficient (Wildman–Crippen LogP) is 3.54. The zero-order chi connectivity index (χ0) is 21.2. The number of fused-ring (bicyclic) bond motifs is 4. The Bertz CT molecular complexity index is 1360. The van der Waals surface area contributed by atoms with Gasteiger partial charge >= 0.3 is 0 Å². The molecule has 3 saturated heterocycles. The summed E-state index contributed by atoms with van der Waals surface area (Å²) < 4.78 is 7.96. The molecule has 2 aromatic carbocycles. The maximum atomic E-state index is 11.9. The number of amides is 1. The van der Waals surface area contributed by atoms with Crippen molar-refractivity contribution in [3.8, 4) is 22.5 Å². The van der Waals surface area contributed by atoms with Crippen molar-refractivity contribution in [1.29, 1.82) is 0 Å². The van der Waals surface area contributed by atoms with Crippen LogP contribution in [0.25, 0.3) is 28.2 Å². The number of hydrogen-bond donors (Lipinski definition) is 1. The number of anilines is 2. The van der Waals surface area contributed by atoms with Crippen LogP contribution in [-0.4, -0.2) is 45.6 Å². The lowest BCUT2D eigenvalue weighted by Crippen LogP contribution is -2.57. The van der Waals surface area contributed by atoms with E-state index >= 15 is 0 Å². The summed E-state index contributed by atoms with van der Waals surface area (Å²) in [6, 6.07) is 16.4. The first-order chi connectivity index (χ1) is 15.7. The molecule has 4 aromatic rings. The Morgan fingerprint density at radius 1 is 1.03 bits per heavy atom. The minimum atomic E-state index is 0.0379. The van der Waals surface area contributed by atoms with E-state index in [0.29, 0.717) is 18.6 Å². The topological polar surface area (TPSA) is 71.8 Å². The van der Waals surface area contributed by atoms with Crippen LogP contribution in [-0.2, 0) is 16.0 Å². The minimum Gasteiger partial charge on any atom is -0.371 e. The number of rotatable bonds is 3. The summed E-state index contributed by atoms with van der Waals surface area (Å²) in [6.07, 6.45) is 5.95. The van der Waals surface area contributed by atoms with Gasteiger partial charge in [0.05, 0.1) is 30.0 Å². The first-order valence-corrected chi connectivity index (χ1v) is 11.0. The highest BCUT2D eigenvalue weighted by Gasteiger charge is 2.39. The fourth-order valence-corrected chi connectivity index (χ4v) is 5.17. The molecule has 7 heteroatoms. The van der Waals surface area contributed by atoms with E-state index in [9.17, 15) is 4.79 Å². The molecule has 2 bridgehead atoms.